The number of rotatable bonds is 7. The molecule has 2 aromatic carbocycles. The second-order valence-electron chi connectivity index (χ2n) is 9.95. The third kappa shape index (κ3) is 4.45. The van der Waals surface area contributed by atoms with E-state index >= 15 is 0 Å². The minimum atomic E-state index is -0.479. The SMILES string of the molecule is COc1cc(CNC23CC4CC(CC(O)(C4)C2)C3)cc(Cl)c1OCc1ccc(Cl)cc1Cl. The van der Waals surface area contributed by atoms with E-state index in [0.29, 0.717) is 44.9 Å². The van der Waals surface area contributed by atoms with Gasteiger partial charge in [-0.05, 0) is 80.2 Å². The molecule has 4 aliphatic carbocycles. The fraction of sp³-hybridized carbons (Fsp3) is 0.520. The summed E-state index contributed by atoms with van der Waals surface area (Å²) in [6.07, 6.45) is 6.36. The van der Waals surface area contributed by atoms with Crippen molar-refractivity contribution in [1.82, 2.24) is 5.32 Å². The Kier molecular flexibility index (Phi) is 6.05. The number of methoxy groups -OCH3 is 1. The van der Waals surface area contributed by atoms with Gasteiger partial charge in [0.1, 0.15) is 6.61 Å². The summed E-state index contributed by atoms with van der Waals surface area (Å²) in [4.78, 5) is 0. The van der Waals surface area contributed by atoms with Crippen LogP contribution in [-0.4, -0.2) is 23.4 Å². The first-order valence-electron chi connectivity index (χ1n) is 11.2. The molecule has 4 saturated carbocycles. The van der Waals surface area contributed by atoms with Gasteiger partial charge < -0.3 is 19.9 Å². The largest absolute Gasteiger partial charge is 0.493 e. The summed E-state index contributed by atoms with van der Waals surface area (Å²) < 4.78 is 11.6. The van der Waals surface area contributed by atoms with Crippen LogP contribution in [0.2, 0.25) is 15.1 Å². The van der Waals surface area contributed by atoms with E-state index in [-0.39, 0.29) is 12.1 Å². The van der Waals surface area contributed by atoms with E-state index in [4.69, 9.17) is 44.3 Å². The molecule has 2 atom stereocenters. The van der Waals surface area contributed by atoms with E-state index in [9.17, 15) is 5.11 Å². The van der Waals surface area contributed by atoms with Gasteiger partial charge in [0.15, 0.2) is 11.5 Å². The molecule has 32 heavy (non-hydrogen) atoms. The van der Waals surface area contributed by atoms with Crippen molar-refractivity contribution in [2.24, 2.45) is 11.8 Å². The van der Waals surface area contributed by atoms with E-state index < -0.39 is 5.60 Å². The molecule has 4 fully saturated rings. The van der Waals surface area contributed by atoms with Gasteiger partial charge in [-0.2, -0.15) is 0 Å². The highest BCUT2D eigenvalue weighted by molar-refractivity contribution is 6.35. The minimum Gasteiger partial charge on any atom is -0.493 e. The van der Waals surface area contributed by atoms with Crippen LogP contribution in [0.5, 0.6) is 11.5 Å². The average molecular weight is 497 g/mol. The second kappa shape index (κ2) is 8.56. The second-order valence-corrected chi connectivity index (χ2v) is 11.2. The number of hydrogen-bond acceptors (Lipinski definition) is 4. The van der Waals surface area contributed by atoms with Crippen molar-refractivity contribution >= 4 is 34.8 Å². The van der Waals surface area contributed by atoms with Gasteiger partial charge in [0.25, 0.3) is 0 Å². The summed E-state index contributed by atoms with van der Waals surface area (Å²) in [5.41, 5.74) is 1.40. The maximum absolute atomic E-state index is 11.0. The zero-order valence-corrected chi connectivity index (χ0v) is 20.4. The summed E-state index contributed by atoms with van der Waals surface area (Å²) in [5.74, 6) is 2.36. The van der Waals surface area contributed by atoms with E-state index in [1.807, 2.05) is 18.2 Å². The van der Waals surface area contributed by atoms with Crippen LogP contribution in [0.15, 0.2) is 30.3 Å². The summed E-state index contributed by atoms with van der Waals surface area (Å²) in [7, 11) is 1.61. The van der Waals surface area contributed by atoms with Crippen LogP contribution in [0.4, 0.5) is 0 Å². The van der Waals surface area contributed by atoms with Gasteiger partial charge in [-0.3, -0.25) is 0 Å². The number of ether oxygens (including phenoxy) is 2. The predicted molar refractivity (Wildman–Crippen MR) is 128 cm³/mol. The normalized spacial score (nSPS) is 30.5. The highest BCUT2D eigenvalue weighted by Crippen LogP contribution is 2.57. The molecule has 172 valence electrons. The Morgan fingerprint density at radius 3 is 2.44 bits per heavy atom. The lowest BCUT2D eigenvalue weighted by Gasteiger charge is -2.60. The molecule has 4 nitrogen and oxygen atoms in total. The van der Waals surface area contributed by atoms with E-state index in [0.717, 1.165) is 43.2 Å². The van der Waals surface area contributed by atoms with Crippen LogP contribution >= 0.6 is 34.8 Å². The standard InChI is InChI=1S/C25H28Cl3NO3/c1-31-22-6-15(5-21(28)23(22)32-13-18-2-3-19(26)7-20(18)27)12-29-24-8-16-4-17(9-24)11-25(30,10-16)14-24/h2-3,5-7,16-17,29-30H,4,8-14H2,1H3. The molecule has 2 N–H and O–H groups in total. The monoisotopic (exact) mass is 495 g/mol. The summed E-state index contributed by atoms with van der Waals surface area (Å²) in [6.45, 7) is 0.934. The maximum Gasteiger partial charge on any atom is 0.180 e. The van der Waals surface area contributed by atoms with Crippen molar-refractivity contribution in [1.29, 1.82) is 0 Å². The number of halogens is 3. The predicted octanol–water partition coefficient (Wildman–Crippen LogP) is 6.41. The van der Waals surface area contributed by atoms with Crippen LogP contribution in [0.25, 0.3) is 0 Å². The molecule has 4 bridgehead atoms. The van der Waals surface area contributed by atoms with Gasteiger partial charge in [0.05, 0.1) is 17.7 Å². The molecular weight excluding hydrogens is 469 g/mol. The number of hydrogen-bond donors (Lipinski definition) is 2. The van der Waals surface area contributed by atoms with Gasteiger partial charge >= 0.3 is 0 Å². The Bertz CT molecular complexity index is 1010. The van der Waals surface area contributed by atoms with Crippen LogP contribution < -0.4 is 14.8 Å². The van der Waals surface area contributed by atoms with E-state index in [1.165, 1.54) is 6.42 Å². The lowest BCUT2D eigenvalue weighted by molar-refractivity contribution is -0.142. The van der Waals surface area contributed by atoms with E-state index in [2.05, 4.69) is 5.32 Å². The fourth-order valence-corrected chi connectivity index (χ4v) is 7.27. The smallest absolute Gasteiger partial charge is 0.180 e. The van der Waals surface area contributed by atoms with Crippen molar-refractivity contribution < 1.29 is 14.6 Å². The first kappa shape index (κ1) is 22.6. The molecule has 0 saturated heterocycles. The van der Waals surface area contributed by atoms with Crippen LogP contribution in [0, 0.1) is 11.8 Å². The lowest BCUT2D eigenvalue weighted by Crippen LogP contribution is -2.64. The number of aliphatic hydroxyl groups is 1. The Labute approximate surface area is 204 Å². The Morgan fingerprint density at radius 2 is 1.78 bits per heavy atom. The van der Waals surface area contributed by atoms with Crippen molar-refractivity contribution in [3.63, 3.8) is 0 Å². The third-order valence-corrected chi connectivity index (χ3v) is 8.24. The molecule has 7 heteroatoms. The minimum absolute atomic E-state index is 0.0268. The van der Waals surface area contributed by atoms with E-state index in [1.54, 1.807) is 19.2 Å². The first-order valence-corrected chi connectivity index (χ1v) is 12.3. The molecule has 0 heterocycles. The Balaban J connectivity index is 1.29. The Morgan fingerprint density at radius 1 is 1.03 bits per heavy atom. The number of benzene rings is 2. The fourth-order valence-electron chi connectivity index (χ4n) is 6.51. The zero-order valence-electron chi connectivity index (χ0n) is 18.1. The zero-order chi connectivity index (χ0) is 22.5. The molecule has 0 aliphatic heterocycles. The van der Waals surface area contributed by atoms with Crippen LogP contribution in [0.3, 0.4) is 0 Å². The van der Waals surface area contributed by atoms with Crippen LogP contribution in [0.1, 0.15) is 49.7 Å². The maximum atomic E-state index is 11.0. The lowest BCUT2D eigenvalue weighted by atomic mass is 9.51. The van der Waals surface area contributed by atoms with Gasteiger partial charge in [0.2, 0.25) is 0 Å². The highest BCUT2D eigenvalue weighted by atomic mass is 35.5. The summed E-state index contributed by atoms with van der Waals surface area (Å²) in [5, 5.41) is 16.4. The van der Waals surface area contributed by atoms with Gasteiger partial charge in [0, 0.05) is 27.7 Å². The topological polar surface area (TPSA) is 50.7 Å². The third-order valence-electron chi connectivity index (χ3n) is 7.37. The summed E-state index contributed by atoms with van der Waals surface area (Å²) >= 11 is 18.8. The molecular formula is C25H28Cl3NO3. The van der Waals surface area contributed by atoms with Gasteiger partial charge in [-0.15, -0.1) is 0 Å². The number of nitrogens with one attached hydrogen (secondary N) is 1. The molecule has 0 spiro atoms. The van der Waals surface area contributed by atoms with Crippen molar-refractivity contribution in [2.45, 2.75) is 62.8 Å². The quantitative estimate of drug-likeness (QED) is 0.465. The molecule has 2 aromatic rings. The molecule has 6 rings (SSSR count). The summed E-state index contributed by atoms with van der Waals surface area (Å²) in [6, 6.07) is 9.19. The van der Waals surface area contributed by atoms with Gasteiger partial charge in [-0.25, -0.2) is 0 Å². The molecule has 0 radical (unpaired) electrons. The van der Waals surface area contributed by atoms with Crippen molar-refractivity contribution in [3.8, 4) is 11.5 Å². The highest BCUT2D eigenvalue weighted by Gasteiger charge is 2.56. The molecule has 0 amide bonds. The first-order chi connectivity index (χ1) is 15.3. The molecule has 4 aliphatic rings. The van der Waals surface area contributed by atoms with Crippen molar-refractivity contribution in [2.75, 3.05) is 7.11 Å². The molecule has 2 unspecified atom stereocenters. The molecule has 0 aromatic heterocycles. The Hall–Kier alpha value is -1.17. The van der Waals surface area contributed by atoms with Gasteiger partial charge in [-0.1, -0.05) is 40.9 Å². The van der Waals surface area contributed by atoms with Crippen LogP contribution in [-0.2, 0) is 13.2 Å². The average Bonchev–Trinajstić information content (AvgIpc) is 2.70. The van der Waals surface area contributed by atoms with Crippen molar-refractivity contribution in [3.05, 3.63) is 56.5 Å².